The molecule has 0 unspecified atom stereocenters. The molecule has 0 saturated carbocycles. The third-order valence-electron chi connectivity index (χ3n) is 4.85. The normalized spacial score (nSPS) is 11.8. The molecule has 0 fully saturated rings. The molecule has 1 N–H and O–H groups in total. The summed E-state index contributed by atoms with van der Waals surface area (Å²) in [6.07, 6.45) is 1.65. The number of rotatable bonds is 7. The van der Waals surface area contributed by atoms with E-state index < -0.39 is 0 Å². The average molecular weight is 436 g/mol. The van der Waals surface area contributed by atoms with Crippen LogP contribution in [0.1, 0.15) is 44.4 Å². The van der Waals surface area contributed by atoms with Gasteiger partial charge in [0.05, 0.1) is 12.0 Å². The van der Waals surface area contributed by atoms with Crippen molar-refractivity contribution < 1.29 is 4.79 Å². The lowest BCUT2D eigenvalue weighted by atomic mass is 9.87. The number of aromatic nitrogens is 3. The Kier molecular flexibility index (Phi) is 7.28. The maximum absolute atomic E-state index is 12.2. The molecule has 31 heavy (non-hydrogen) atoms. The number of benzene rings is 2. The predicted octanol–water partition coefficient (Wildman–Crippen LogP) is 4.81. The number of carbonyl (C=O) groups excluding carboxylic acids is 1. The van der Waals surface area contributed by atoms with Crippen LogP contribution >= 0.6 is 11.8 Å². The molecular weight excluding hydrogens is 406 g/mol. The summed E-state index contributed by atoms with van der Waals surface area (Å²) in [4.78, 5) is 12.2. The molecule has 0 spiro atoms. The number of hydrazone groups is 1. The maximum Gasteiger partial charge on any atom is 0.250 e. The van der Waals surface area contributed by atoms with Gasteiger partial charge in [0.2, 0.25) is 0 Å². The van der Waals surface area contributed by atoms with Crippen LogP contribution in [0, 0.1) is 6.92 Å². The smallest absolute Gasteiger partial charge is 0.250 e. The average Bonchev–Trinajstić information content (AvgIpc) is 3.15. The van der Waals surface area contributed by atoms with Gasteiger partial charge in [-0.3, -0.25) is 4.79 Å². The van der Waals surface area contributed by atoms with Gasteiger partial charge >= 0.3 is 0 Å². The first-order valence-electron chi connectivity index (χ1n) is 10.3. The van der Waals surface area contributed by atoms with Crippen molar-refractivity contribution in [1.82, 2.24) is 20.2 Å². The number of hydrogen-bond acceptors (Lipinski definition) is 5. The van der Waals surface area contributed by atoms with Gasteiger partial charge in [-0.15, -0.1) is 10.2 Å². The maximum atomic E-state index is 12.2. The van der Waals surface area contributed by atoms with Crippen LogP contribution in [-0.4, -0.2) is 32.6 Å². The minimum Gasteiger partial charge on any atom is -0.302 e. The molecule has 0 radical (unpaired) electrons. The summed E-state index contributed by atoms with van der Waals surface area (Å²) < 4.78 is 2.02. The first-order chi connectivity index (χ1) is 14.8. The lowest BCUT2D eigenvalue weighted by Crippen LogP contribution is -2.20. The highest BCUT2D eigenvalue weighted by atomic mass is 32.2. The van der Waals surface area contributed by atoms with E-state index in [1.165, 1.54) is 22.9 Å². The summed E-state index contributed by atoms with van der Waals surface area (Å²) in [6, 6.07) is 16.4. The van der Waals surface area contributed by atoms with E-state index in [2.05, 4.69) is 72.7 Å². The predicted molar refractivity (Wildman–Crippen MR) is 127 cm³/mol. The van der Waals surface area contributed by atoms with Crippen LogP contribution < -0.4 is 5.43 Å². The number of hydrogen-bond donors (Lipinski definition) is 1. The van der Waals surface area contributed by atoms with Crippen LogP contribution in [0.25, 0.3) is 11.4 Å². The molecule has 0 atom stereocenters. The molecule has 1 amide bonds. The Labute approximate surface area is 188 Å². The van der Waals surface area contributed by atoms with Gasteiger partial charge in [0.25, 0.3) is 5.91 Å². The van der Waals surface area contributed by atoms with Gasteiger partial charge in [-0.2, -0.15) is 5.10 Å². The Bertz CT molecular complexity index is 1050. The molecule has 0 aliphatic carbocycles. The molecule has 1 aromatic heterocycles. The second-order valence-corrected chi connectivity index (χ2v) is 9.31. The Balaban J connectivity index is 1.56. The molecule has 6 nitrogen and oxygen atoms in total. The van der Waals surface area contributed by atoms with Crippen molar-refractivity contribution in [3.63, 3.8) is 0 Å². The Morgan fingerprint density at radius 1 is 1.10 bits per heavy atom. The van der Waals surface area contributed by atoms with E-state index in [0.717, 1.165) is 28.7 Å². The zero-order valence-electron chi connectivity index (χ0n) is 18.7. The van der Waals surface area contributed by atoms with Crippen LogP contribution in [0.3, 0.4) is 0 Å². The van der Waals surface area contributed by atoms with Crippen LogP contribution in [0.2, 0.25) is 0 Å². The topological polar surface area (TPSA) is 72.2 Å². The van der Waals surface area contributed by atoms with Gasteiger partial charge in [-0.1, -0.05) is 86.6 Å². The summed E-state index contributed by atoms with van der Waals surface area (Å²) in [5, 5.41) is 13.4. The molecule has 3 aromatic rings. The van der Waals surface area contributed by atoms with Gasteiger partial charge in [0.15, 0.2) is 11.0 Å². The first kappa shape index (κ1) is 22.7. The van der Waals surface area contributed by atoms with E-state index in [1.54, 1.807) is 6.21 Å². The van der Waals surface area contributed by atoms with E-state index in [-0.39, 0.29) is 17.1 Å². The fourth-order valence-electron chi connectivity index (χ4n) is 3.01. The van der Waals surface area contributed by atoms with Crippen LogP contribution in [-0.2, 0) is 16.8 Å². The first-order valence-corrected chi connectivity index (χ1v) is 11.3. The van der Waals surface area contributed by atoms with Crippen LogP contribution in [0.5, 0.6) is 0 Å². The SMILES string of the molecule is CCn1c(SCC(=O)NN=Cc2ccc(C(C)(C)C)cc2)nnc1-c1ccc(C)cc1. The van der Waals surface area contributed by atoms with Gasteiger partial charge in [-0.25, -0.2) is 5.43 Å². The number of aryl methyl sites for hydroxylation is 1. The highest BCUT2D eigenvalue weighted by Gasteiger charge is 2.15. The fourth-order valence-corrected chi connectivity index (χ4v) is 3.80. The molecule has 7 heteroatoms. The third-order valence-corrected chi connectivity index (χ3v) is 5.82. The van der Waals surface area contributed by atoms with E-state index in [1.807, 2.05) is 35.8 Å². The van der Waals surface area contributed by atoms with E-state index >= 15 is 0 Å². The van der Waals surface area contributed by atoms with E-state index in [9.17, 15) is 4.79 Å². The van der Waals surface area contributed by atoms with Crippen molar-refractivity contribution in [1.29, 1.82) is 0 Å². The molecule has 0 aliphatic rings. The monoisotopic (exact) mass is 435 g/mol. The van der Waals surface area contributed by atoms with Crippen molar-refractivity contribution in [2.45, 2.75) is 51.7 Å². The Hall–Kier alpha value is -2.93. The number of carbonyl (C=O) groups is 1. The summed E-state index contributed by atoms with van der Waals surface area (Å²) >= 11 is 1.35. The largest absolute Gasteiger partial charge is 0.302 e. The van der Waals surface area contributed by atoms with Crippen molar-refractivity contribution >= 4 is 23.9 Å². The van der Waals surface area contributed by atoms with Gasteiger partial charge < -0.3 is 4.57 Å². The highest BCUT2D eigenvalue weighted by Crippen LogP contribution is 2.24. The third kappa shape index (κ3) is 6.04. The fraction of sp³-hybridized carbons (Fsp3) is 0.333. The standard InChI is InChI=1S/C24H29N5OS/c1-6-29-22(19-11-7-17(2)8-12-19)27-28-23(29)31-16-21(30)26-25-15-18-9-13-20(14-10-18)24(3,4)5/h7-15H,6,16H2,1-5H3,(H,26,30). The molecular formula is C24H29N5OS. The minimum absolute atomic E-state index is 0.111. The number of thioether (sulfide) groups is 1. The van der Waals surface area contributed by atoms with E-state index in [4.69, 9.17) is 0 Å². The van der Waals surface area contributed by atoms with Gasteiger partial charge in [0.1, 0.15) is 0 Å². The number of nitrogens with zero attached hydrogens (tertiary/aromatic N) is 4. The number of amides is 1. The van der Waals surface area contributed by atoms with E-state index in [0.29, 0.717) is 0 Å². The number of nitrogens with one attached hydrogen (secondary N) is 1. The quantitative estimate of drug-likeness (QED) is 0.328. The zero-order chi connectivity index (χ0) is 22.4. The molecule has 2 aromatic carbocycles. The van der Waals surface area contributed by atoms with Crippen molar-refractivity contribution in [2.24, 2.45) is 5.10 Å². The second kappa shape index (κ2) is 9.92. The van der Waals surface area contributed by atoms with Crippen molar-refractivity contribution in [2.75, 3.05) is 5.75 Å². The summed E-state index contributed by atoms with van der Waals surface area (Å²) in [6.45, 7) is 11.4. The lowest BCUT2D eigenvalue weighted by molar-refractivity contribution is -0.118. The molecule has 0 saturated heterocycles. The second-order valence-electron chi connectivity index (χ2n) is 8.37. The van der Waals surface area contributed by atoms with Crippen molar-refractivity contribution in [3.8, 4) is 11.4 Å². The van der Waals surface area contributed by atoms with Gasteiger partial charge in [0, 0.05) is 12.1 Å². The summed E-state index contributed by atoms with van der Waals surface area (Å²) in [5.41, 5.74) is 7.10. The molecule has 0 bridgehead atoms. The summed E-state index contributed by atoms with van der Waals surface area (Å²) in [5.74, 6) is 0.837. The molecule has 3 rings (SSSR count). The lowest BCUT2D eigenvalue weighted by Gasteiger charge is -2.18. The Morgan fingerprint density at radius 3 is 2.39 bits per heavy atom. The van der Waals surface area contributed by atoms with Crippen molar-refractivity contribution in [3.05, 3.63) is 65.2 Å². The molecule has 0 aliphatic heterocycles. The van der Waals surface area contributed by atoms with Gasteiger partial charge in [-0.05, 0) is 30.4 Å². The Morgan fingerprint density at radius 2 is 1.77 bits per heavy atom. The minimum atomic E-state index is -0.185. The summed E-state index contributed by atoms with van der Waals surface area (Å²) in [7, 11) is 0. The molecule has 1 heterocycles. The van der Waals surface area contributed by atoms with Crippen LogP contribution in [0.4, 0.5) is 0 Å². The van der Waals surface area contributed by atoms with Crippen LogP contribution in [0.15, 0.2) is 58.8 Å². The molecule has 162 valence electrons. The zero-order valence-corrected chi connectivity index (χ0v) is 19.5. The highest BCUT2D eigenvalue weighted by molar-refractivity contribution is 7.99.